The van der Waals surface area contributed by atoms with E-state index >= 15 is 0 Å². The maximum atomic E-state index is 6.38. The van der Waals surface area contributed by atoms with E-state index in [1.54, 1.807) is 6.33 Å². The molecule has 3 N–H and O–H groups in total. The van der Waals surface area contributed by atoms with E-state index in [0.717, 1.165) is 47.4 Å². The molecule has 3 heterocycles. The van der Waals surface area contributed by atoms with Crippen molar-refractivity contribution in [1.29, 1.82) is 0 Å². The molecule has 6 rings (SSSR count). The molecule has 1 aliphatic carbocycles. The highest BCUT2D eigenvalue weighted by Gasteiger charge is 2.30. The van der Waals surface area contributed by atoms with E-state index in [1.165, 1.54) is 44.6 Å². The molecule has 2 aromatic carbocycles. The Bertz CT molecular complexity index is 1320. The molecule has 1 saturated carbocycles. The van der Waals surface area contributed by atoms with Crippen LogP contribution in [0.25, 0.3) is 22.3 Å². The second kappa shape index (κ2) is 10.5. The summed E-state index contributed by atoms with van der Waals surface area (Å²) in [6, 6.07) is 19.9. The molecule has 0 amide bonds. The van der Waals surface area contributed by atoms with Crippen molar-refractivity contribution in [3.05, 3.63) is 66.5 Å². The van der Waals surface area contributed by atoms with E-state index in [4.69, 9.17) is 10.8 Å². The van der Waals surface area contributed by atoms with Crippen LogP contribution in [0.4, 0.5) is 11.5 Å². The van der Waals surface area contributed by atoms with Gasteiger partial charge in [0.25, 0.3) is 0 Å². The fourth-order valence-corrected chi connectivity index (χ4v) is 5.85. The Balaban J connectivity index is 1.20. The molecule has 0 atom stereocenters. The minimum absolute atomic E-state index is 0.334. The summed E-state index contributed by atoms with van der Waals surface area (Å²) in [6.07, 6.45) is 6.19. The number of aromatic nitrogens is 4. The molecule has 1 aliphatic heterocycles. The summed E-state index contributed by atoms with van der Waals surface area (Å²) in [6.45, 7) is 5.49. The SMILES string of the molecule is CN1CCN(C2CCC(n3nc(-c4ccc(NCc5ccccc5)cc4)c4c(N)ncnc43)CC2)CC1. The molecule has 8 nitrogen and oxygen atoms in total. The van der Waals surface area contributed by atoms with Crippen molar-refractivity contribution in [3.8, 4) is 11.3 Å². The van der Waals surface area contributed by atoms with Crippen LogP contribution in [0.1, 0.15) is 37.3 Å². The highest BCUT2D eigenvalue weighted by atomic mass is 15.3. The third-order valence-corrected chi connectivity index (χ3v) is 8.08. The Labute approximate surface area is 218 Å². The fraction of sp³-hybridized carbons (Fsp3) is 0.414. The van der Waals surface area contributed by atoms with Crippen LogP contribution in [-0.4, -0.2) is 68.8 Å². The zero-order chi connectivity index (χ0) is 25.2. The molecular weight excluding hydrogens is 460 g/mol. The highest BCUT2D eigenvalue weighted by molar-refractivity contribution is 5.98. The second-order valence-corrected chi connectivity index (χ2v) is 10.5. The summed E-state index contributed by atoms with van der Waals surface area (Å²) >= 11 is 0. The van der Waals surface area contributed by atoms with Crippen molar-refractivity contribution in [2.75, 3.05) is 44.3 Å². The predicted molar refractivity (Wildman–Crippen MR) is 149 cm³/mol. The Morgan fingerprint density at radius 2 is 1.57 bits per heavy atom. The Morgan fingerprint density at radius 1 is 0.865 bits per heavy atom. The van der Waals surface area contributed by atoms with Crippen molar-refractivity contribution in [1.82, 2.24) is 29.5 Å². The number of nitrogens with two attached hydrogens (primary N) is 1. The number of nitrogens with zero attached hydrogens (tertiary/aromatic N) is 6. The normalized spacial score (nSPS) is 21.3. The van der Waals surface area contributed by atoms with Gasteiger partial charge < -0.3 is 16.0 Å². The van der Waals surface area contributed by atoms with Gasteiger partial charge in [0.1, 0.15) is 17.8 Å². The third-order valence-electron chi connectivity index (χ3n) is 8.08. The van der Waals surface area contributed by atoms with Gasteiger partial charge in [-0.2, -0.15) is 5.10 Å². The number of piperazine rings is 1. The summed E-state index contributed by atoms with van der Waals surface area (Å²) in [7, 11) is 2.22. The molecule has 0 unspecified atom stereocenters. The van der Waals surface area contributed by atoms with Gasteiger partial charge in [-0.05, 0) is 50.4 Å². The van der Waals surface area contributed by atoms with Crippen LogP contribution in [0.2, 0.25) is 0 Å². The van der Waals surface area contributed by atoms with Gasteiger partial charge in [0.05, 0.1) is 11.4 Å². The van der Waals surface area contributed by atoms with E-state index in [9.17, 15) is 0 Å². The average Bonchev–Trinajstić information content (AvgIpc) is 3.34. The first-order chi connectivity index (χ1) is 18.2. The Hall–Kier alpha value is -3.49. The molecule has 8 heteroatoms. The first-order valence-corrected chi connectivity index (χ1v) is 13.5. The van der Waals surface area contributed by atoms with E-state index in [1.807, 2.05) is 6.07 Å². The second-order valence-electron chi connectivity index (χ2n) is 10.5. The zero-order valence-electron chi connectivity index (χ0n) is 21.6. The molecular formula is C29H36N8. The van der Waals surface area contributed by atoms with Gasteiger partial charge in [-0.3, -0.25) is 4.90 Å². The van der Waals surface area contributed by atoms with Crippen LogP contribution < -0.4 is 11.1 Å². The van der Waals surface area contributed by atoms with Crippen LogP contribution >= 0.6 is 0 Å². The number of rotatable bonds is 6. The lowest BCUT2D eigenvalue weighted by Crippen LogP contribution is -2.49. The van der Waals surface area contributed by atoms with Gasteiger partial charge in [0, 0.05) is 50.0 Å². The van der Waals surface area contributed by atoms with Crippen LogP contribution in [-0.2, 0) is 6.54 Å². The van der Waals surface area contributed by atoms with E-state index < -0.39 is 0 Å². The van der Waals surface area contributed by atoms with Gasteiger partial charge >= 0.3 is 0 Å². The molecule has 0 radical (unpaired) electrons. The number of nitrogens with one attached hydrogen (secondary N) is 1. The molecule has 2 aliphatic rings. The van der Waals surface area contributed by atoms with Crippen LogP contribution in [0, 0.1) is 0 Å². The number of benzene rings is 2. The number of hydrogen-bond acceptors (Lipinski definition) is 7. The summed E-state index contributed by atoms with van der Waals surface area (Å²) < 4.78 is 2.13. The highest BCUT2D eigenvalue weighted by Crippen LogP contribution is 2.37. The number of fused-ring (bicyclic) bond motifs is 1. The van der Waals surface area contributed by atoms with Gasteiger partial charge in [0.15, 0.2) is 5.65 Å². The summed E-state index contributed by atoms with van der Waals surface area (Å²) in [5, 5.41) is 9.46. The van der Waals surface area contributed by atoms with Crippen molar-refractivity contribution in [2.45, 2.75) is 44.3 Å². The van der Waals surface area contributed by atoms with Crippen LogP contribution in [0.5, 0.6) is 0 Å². The monoisotopic (exact) mass is 496 g/mol. The quantitative estimate of drug-likeness (QED) is 0.409. The first-order valence-electron chi connectivity index (χ1n) is 13.5. The van der Waals surface area contributed by atoms with Gasteiger partial charge in [-0.1, -0.05) is 42.5 Å². The van der Waals surface area contributed by atoms with Crippen LogP contribution in [0.15, 0.2) is 60.9 Å². The summed E-state index contributed by atoms with van der Waals surface area (Å²) in [5.74, 6) is 0.489. The average molecular weight is 497 g/mol. The topological polar surface area (TPSA) is 88.1 Å². The first kappa shape index (κ1) is 23.9. The maximum absolute atomic E-state index is 6.38. The van der Waals surface area contributed by atoms with E-state index in [2.05, 4.69) is 85.3 Å². The van der Waals surface area contributed by atoms with Crippen molar-refractivity contribution < 1.29 is 0 Å². The maximum Gasteiger partial charge on any atom is 0.164 e. The van der Waals surface area contributed by atoms with Gasteiger partial charge in [-0.25, -0.2) is 14.6 Å². The Kier molecular flexibility index (Phi) is 6.76. The number of hydrogen-bond donors (Lipinski definition) is 2. The lowest BCUT2D eigenvalue weighted by atomic mass is 9.90. The molecule has 37 heavy (non-hydrogen) atoms. The molecule has 2 aromatic heterocycles. The Morgan fingerprint density at radius 3 is 2.30 bits per heavy atom. The van der Waals surface area contributed by atoms with Gasteiger partial charge in [0.2, 0.25) is 0 Å². The molecule has 4 aromatic rings. The van der Waals surface area contributed by atoms with Crippen molar-refractivity contribution >= 4 is 22.5 Å². The molecule has 192 valence electrons. The minimum Gasteiger partial charge on any atom is -0.383 e. The predicted octanol–water partition coefficient (Wildman–Crippen LogP) is 4.42. The smallest absolute Gasteiger partial charge is 0.164 e. The van der Waals surface area contributed by atoms with Gasteiger partial charge in [-0.15, -0.1) is 0 Å². The number of nitrogen functional groups attached to an aromatic ring is 1. The van der Waals surface area contributed by atoms with E-state index in [-0.39, 0.29) is 0 Å². The number of likely N-dealkylation sites (N-methyl/N-ethyl adjacent to an activating group) is 1. The minimum atomic E-state index is 0.334. The summed E-state index contributed by atoms with van der Waals surface area (Å²) in [4.78, 5) is 14.1. The largest absolute Gasteiger partial charge is 0.383 e. The lowest BCUT2D eigenvalue weighted by molar-refractivity contribution is 0.0815. The zero-order valence-corrected chi connectivity index (χ0v) is 21.6. The van der Waals surface area contributed by atoms with Crippen molar-refractivity contribution in [2.24, 2.45) is 0 Å². The molecule has 2 fully saturated rings. The molecule has 0 bridgehead atoms. The standard InChI is InChI=1S/C29H36N8/c1-35-15-17-36(18-16-35)24-11-13-25(14-12-24)37-29-26(28(30)32-20-33-29)27(34-37)22-7-9-23(10-8-22)31-19-21-5-3-2-4-6-21/h2-10,20,24-25,31H,11-19H2,1H3,(H2,30,32,33). The fourth-order valence-electron chi connectivity index (χ4n) is 5.85. The molecule has 1 saturated heterocycles. The number of anilines is 2. The van der Waals surface area contributed by atoms with Crippen molar-refractivity contribution in [3.63, 3.8) is 0 Å². The van der Waals surface area contributed by atoms with E-state index in [0.29, 0.717) is 17.9 Å². The van der Waals surface area contributed by atoms with Crippen LogP contribution in [0.3, 0.4) is 0 Å². The lowest BCUT2D eigenvalue weighted by Gasteiger charge is -2.41. The third kappa shape index (κ3) is 5.04. The molecule has 0 spiro atoms. The summed E-state index contributed by atoms with van der Waals surface area (Å²) in [5.41, 5.74) is 11.4.